The number of carbonyl (C=O) groups is 1. The second-order valence-electron chi connectivity index (χ2n) is 4.19. The molecule has 3 nitrogen and oxygen atoms in total. The molecule has 0 saturated heterocycles. The zero-order valence-corrected chi connectivity index (χ0v) is 11.8. The topological polar surface area (TPSA) is 38.3 Å². The molecular weight excluding hydrogens is 277 g/mol. The van der Waals surface area contributed by atoms with E-state index in [4.69, 9.17) is 4.74 Å². The minimum absolute atomic E-state index is 0.00832. The first kappa shape index (κ1) is 14.4. The molecule has 0 aromatic heterocycles. The predicted molar refractivity (Wildman–Crippen MR) is 77.8 cm³/mol. The summed E-state index contributed by atoms with van der Waals surface area (Å²) in [7, 11) is 1.59. The zero-order valence-electron chi connectivity index (χ0n) is 10.9. The van der Waals surface area contributed by atoms with E-state index >= 15 is 0 Å². The molecule has 0 aliphatic heterocycles. The van der Waals surface area contributed by atoms with Crippen LogP contribution in [0.5, 0.6) is 5.75 Å². The lowest BCUT2D eigenvalue weighted by atomic mass is 10.1. The first-order chi connectivity index (χ1) is 9.60. The lowest BCUT2D eigenvalue weighted by Crippen LogP contribution is -2.23. The van der Waals surface area contributed by atoms with Crippen molar-refractivity contribution in [2.45, 2.75) is 11.4 Å². The molecule has 0 heterocycles. The molecule has 20 heavy (non-hydrogen) atoms. The minimum atomic E-state index is -0.560. The third-order valence-corrected chi connectivity index (χ3v) is 3.08. The number of halogens is 1. The highest BCUT2D eigenvalue weighted by Gasteiger charge is 2.11. The second kappa shape index (κ2) is 6.43. The molecular formula is C15H14FNO2S. The summed E-state index contributed by atoms with van der Waals surface area (Å²) < 4.78 is 18.6. The molecule has 0 radical (unpaired) electrons. The molecule has 2 aromatic rings. The number of hydrogen-bond acceptors (Lipinski definition) is 3. The summed E-state index contributed by atoms with van der Waals surface area (Å²) in [5.41, 5.74) is 0.896. The molecule has 1 amide bonds. The van der Waals surface area contributed by atoms with Crippen LogP contribution in [0, 0.1) is 5.82 Å². The fourth-order valence-electron chi connectivity index (χ4n) is 1.71. The number of nitrogens with one attached hydrogen (secondary N) is 1. The highest BCUT2D eigenvalue weighted by atomic mass is 32.1. The minimum Gasteiger partial charge on any atom is -0.497 e. The number of carbonyl (C=O) groups excluding carboxylic acids is 1. The normalized spacial score (nSPS) is 10.2. The summed E-state index contributed by atoms with van der Waals surface area (Å²) in [6.45, 7) is 0.319. The van der Waals surface area contributed by atoms with E-state index in [9.17, 15) is 9.18 Å². The zero-order chi connectivity index (χ0) is 14.5. The van der Waals surface area contributed by atoms with Crippen molar-refractivity contribution in [3.8, 4) is 5.75 Å². The van der Waals surface area contributed by atoms with Crippen LogP contribution < -0.4 is 10.1 Å². The summed E-state index contributed by atoms with van der Waals surface area (Å²) >= 11 is 4.10. The molecule has 0 aliphatic rings. The summed E-state index contributed by atoms with van der Waals surface area (Å²) in [5, 5.41) is 2.67. The maximum atomic E-state index is 13.5. The molecule has 2 aromatic carbocycles. The number of amides is 1. The monoisotopic (exact) mass is 291 g/mol. The Morgan fingerprint density at radius 3 is 2.60 bits per heavy atom. The number of methoxy groups -OCH3 is 1. The largest absolute Gasteiger partial charge is 0.497 e. The third-order valence-electron chi connectivity index (χ3n) is 2.81. The van der Waals surface area contributed by atoms with E-state index < -0.39 is 11.7 Å². The van der Waals surface area contributed by atoms with Gasteiger partial charge in [-0.1, -0.05) is 12.1 Å². The fraction of sp³-hybridized carbons (Fsp3) is 0.133. The number of rotatable bonds is 4. The molecule has 5 heteroatoms. The molecule has 0 unspecified atom stereocenters. The van der Waals surface area contributed by atoms with E-state index in [2.05, 4.69) is 17.9 Å². The van der Waals surface area contributed by atoms with Gasteiger partial charge >= 0.3 is 0 Å². The van der Waals surface area contributed by atoms with Crippen molar-refractivity contribution in [1.82, 2.24) is 5.32 Å². The predicted octanol–water partition coefficient (Wildman–Crippen LogP) is 3.05. The van der Waals surface area contributed by atoms with Crippen LogP contribution in [0.4, 0.5) is 4.39 Å². The fourth-order valence-corrected chi connectivity index (χ4v) is 1.91. The summed E-state index contributed by atoms with van der Waals surface area (Å²) in [4.78, 5) is 12.4. The van der Waals surface area contributed by atoms with E-state index in [0.717, 1.165) is 11.3 Å². The van der Waals surface area contributed by atoms with Gasteiger partial charge in [-0.05, 0) is 35.9 Å². The Morgan fingerprint density at radius 1 is 1.25 bits per heavy atom. The van der Waals surface area contributed by atoms with Gasteiger partial charge in [-0.25, -0.2) is 4.39 Å². The summed E-state index contributed by atoms with van der Waals surface area (Å²) in [5.74, 6) is -0.279. The molecule has 0 bridgehead atoms. The molecule has 1 N–H and O–H groups in total. The molecule has 0 saturated carbocycles. The van der Waals surface area contributed by atoms with Gasteiger partial charge in [0.25, 0.3) is 5.91 Å². The number of benzene rings is 2. The van der Waals surface area contributed by atoms with Crippen LogP contribution >= 0.6 is 12.6 Å². The SMILES string of the molecule is COc1ccc(CNC(=O)c2cc(S)ccc2F)cc1. The van der Waals surface area contributed by atoms with Gasteiger partial charge in [-0.15, -0.1) is 12.6 Å². The van der Waals surface area contributed by atoms with Gasteiger partial charge in [0.05, 0.1) is 12.7 Å². The highest BCUT2D eigenvalue weighted by molar-refractivity contribution is 7.80. The molecule has 0 fully saturated rings. The smallest absolute Gasteiger partial charge is 0.254 e. The Kier molecular flexibility index (Phi) is 4.63. The van der Waals surface area contributed by atoms with Crippen LogP contribution in [0.2, 0.25) is 0 Å². The van der Waals surface area contributed by atoms with Gasteiger partial charge < -0.3 is 10.1 Å². The van der Waals surface area contributed by atoms with E-state index in [0.29, 0.717) is 11.4 Å². The van der Waals surface area contributed by atoms with Gasteiger partial charge in [0.2, 0.25) is 0 Å². The Labute approximate surface area is 122 Å². The van der Waals surface area contributed by atoms with Crippen LogP contribution in [0.3, 0.4) is 0 Å². The van der Waals surface area contributed by atoms with Crippen molar-refractivity contribution < 1.29 is 13.9 Å². The Hall–Kier alpha value is -2.01. The van der Waals surface area contributed by atoms with E-state index in [1.165, 1.54) is 18.2 Å². The van der Waals surface area contributed by atoms with Crippen molar-refractivity contribution in [3.63, 3.8) is 0 Å². The molecule has 0 spiro atoms. The van der Waals surface area contributed by atoms with Crippen LogP contribution in [-0.4, -0.2) is 13.0 Å². The number of hydrogen-bond donors (Lipinski definition) is 2. The Balaban J connectivity index is 2.02. The summed E-state index contributed by atoms with van der Waals surface area (Å²) in [6.07, 6.45) is 0. The van der Waals surface area contributed by atoms with Crippen molar-refractivity contribution in [3.05, 3.63) is 59.4 Å². The van der Waals surface area contributed by atoms with Gasteiger partial charge in [-0.3, -0.25) is 4.79 Å². The van der Waals surface area contributed by atoms with Crippen molar-refractivity contribution in [2.75, 3.05) is 7.11 Å². The van der Waals surface area contributed by atoms with Gasteiger partial charge in [0.15, 0.2) is 0 Å². The molecule has 2 rings (SSSR count). The van der Waals surface area contributed by atoms with Gasteiger partial charge in [0, 0.05) is 11.4 Å². The van der Waals surface area contributed by atoms with E-state index in [1.54, 1.807) is 19.2 Å². The van der Waals surface area contributed by atoms with Crippen molar-refractivity contribution in [1.29, 1.82) is 0 Å². The van der Waals surface area contributed by atoms with Crippen LogP contribution in [0.15, 0.2) is 47.4 Å². The molecule has 0 atom stereocenters. The van der Waals surface area contributed by atoms with Gasteiger partial charge in [0.1, 0.15) is 11.6 Å². The maximum Gasteiger partial charge on any atom is 0.254 e. The standard InChI is InChI=1S/C15H14FNO2S/c1-19-11-4-2-10(3-5-11)9-17-15(18)13-8-12(20)6-7-14(13)16/h2-8,20H,9H2,1H3,(H,17,18). The van der Waals surface area contributed by atoms with Crippen molar-refractivity contribution in [2.24, 2.45) is 0 Å². The summed E-state index contributed by atoms with van der Waals surface area (Å²) in [6, 6.07) is 11.4. The second-order valence-corrected chi connectivity index (χ2v) is 4.71. The highest BCUT2D eigenvalue weighted by Crippen LogP contribution is 2.14. The first-order valence-electron chi connectivity index (χ1n) is 6.00. The third kappa shape index (κ3) is 3.51. The maximum absolute atomic E-state index is 13.5. The lowest BCUT2D eigenvalue weighted by Gasteiger charge is -2.07. The Bertz CT molecular complexity index is 614. The molecule has 0 aliphatic carbocycles. The van der Waals surface area contributed by atoms with Gasteiger partial charge in [-0.2, -0.15) is 0 Å². The van der Waals surface area contributed by atoms with Crippen LogP contribution in [0.25, 0.3) is 0 Å². The average molecular weight is 291 g/mol. The average Bonchev–Trinajstić information content (AvgIpc) is 2.47. The number of ether oxygens (including phenoxy) is 1. The quantitative estimate of drug-likeness (QED) is 0.850. The van der Waals surface area contributed by atoms with E-state index in [1.807, 2.05) is 12.1 Å². The van der Waals surface area contributed by atoms with Crippen LogP contribution in [-0.2, 0) is 6.54 Å². The van der Waals surface area contributed by atoms with E-state index in [-0.39, 0.29) is 5.56 Å². The lowest BCUT2D eigenvalue weighted by molar-refractivity contribution is 0.0946. The first-order valence-corrected chi connectivity index (χ1v) is 6.44. The molecule has 104 valence electrons. The number of thiol groups is 1. The van der Waals surface area contributed by atoms with Crippen molar-refractivity contribution >= 4 is 18.5 Å². The Morgan fingerprint density at radius 2 is 1.95 bits per heavy atom. The van der Waals surface area contributed by atoms with Crippen LogP contribution in [0.1, 0.15) is 15.9 Å².